The molecule has 2 aliphatic rings. The first-order valence-electron chi connectivity index (χ1n) is 8.66. The Hall–Kier alpha value is -1.43. The van der Waals surface area contributed by atoms with E-state index in [2.05, 4.69) is 34.3 Å². The third kappa shape index (κ3) is 4.53. The molecule has 0 aromatic heterocycles. The zero-order valence-corrected chi connectivity index (χ0v) is 14.0. The fraction of sp³-hybridized carbons (Fsp3) is 0.611. The number of nitrogens with zero attached hydrogens (tertiary/aromatic N) is 2. The number of likely N-dealkylation sites (N-methyl/N-ethyl adjacent to an activating group) is 1. The third-order valence-corrected chi connectivity index (χ3v) is 4.98. The van der Waals surface area contributed by atoms with Gasteiger partial charge in [-0.3, -0.25) is 9.69 Å². The Morgan fingerprint density at radius 1 is 1.22 bits per heavy atom. The Labute approximate surface area is 138 Å². The smallest absolute Gasteiger partial charge is 0.251 e. The lowest BCUT2D eigenvalue weighted by Crippen LogP contribution is -2.43. The second kappa shape index (κ2) is 7.43. The number of piperazine rings is 1. The topological polar surface area (TPSA) is 61.6 Å². The van der Waals surface area contributed by atoms with Crippen molar-refractivity contribution in [2.24, 2.45) is 11.7 Å². The molecule has 1 unspecified atom stereocenters. The van der Waals surface area contributed by atoms with Crippen molar-refractivity contribution >= 4 is 5.91 Å². The molecule has 1 atom stereocenters. The molecule has 1 aliphatic carbocycles. The van der Waals surface area contributed by atoms with Crippen molar-refractivity contribution in [1.82, 2.24) is 15.1 Å². The molecular formula is C18H28N4O. The molecule has 3 rings (SSSR count). The first-order valence-corrected chi connectivity index (χ1v) is 8.66. The molecule has 1 saturated carbocycles. The highest BCUT2D eigenvalue weighted by Gasteiger charge is 2.31. The molecular weight excluding hydrogens is 288 g/mol. The van der Waals surface area contributed by atoms with Crippen LogP contribution in [0.5, 0.6) is 0 Å². The van der Waals surface area contributed by atoms with Crippen molar-refractivity contribution in [3.8, 4) is 0 Å². The van der Waals surface area contributed by atoms with Crippen LogP contribution in [-0.2, 0) is 6.54 Å². The zero-order valence-electron chi connectivity index (χ0n) is 14.0. The SMILES string of the molecule is CN1CCN(Cc2ccc(C(=O)NC(CN)C3CC3)cc2)CC1. The zero-order chi connectivity index (χ0) is 16.2. The molecule has 0 spiro atoms. The van der Waals surface area contributed by atoms with Crippen molar-refractivity contribution in [1.29, 1.82) is 0 Å². The van der Waals surface area contributed by atoms with E-state index in [1.54, 1.807) is 0 Å². The van der Waals surface area contributed by atoms with Crippen LogP contribution in [0.1, 0.15) is 28.8 Å². The summed E-state index contributed by atoms with van der Waals surface area (Å²) in [6, 6.07) is 8.14. The van der Waals surface area contributed by atoms with Crippen molar-refractivity contribution in [2.45, 2.75) is 25.4 Å². The average Bonchev–Trinajstić information content (AvgIpc) is 3.40. The summed E-state index contributed by atoms with van der Waals surface area (Å²) in [7, 11) is 2.17. The van der Waals surface area contributed by atoms with Gasteiger partial charge in [-0.05, 0) is 43.5 Å². The molecule has 5 nitrogen and oxygen atoms in total. The van der Waals surface area contributed by atoms with Gasteiger partial charge in [-0.1, -0.05) is 12.1 Å². The lowest BCUT2D eigenvalue weighted by molar-refractivity contribution is 0.0933. The maximum Gasteiger partial charge on any atom is 0.251 e. The number of hydrogen-bond donors (Lipinski definition) is 2. The summed E-state index contributed by atoms with van der Waals surface area (Å²) >= 11 is 0. The van der Waals surface area contributed by atoms with Crippen molar-refractivity contribution in [2.75, 3.05) is 39.8 Å². The third-order valence-electron chi connectivity index (χ3n) is 4.98. The van der Waals surface area contributed by atoms with Crippen molar-refractivity contribution in [3.05, 3.63) is 35.4 Å². The number of nitrogens with two attached hydrogens (primary N) is 1. The molecule has 0 radical (unpaired) electrons. The number of amides is 1. The Balaban J connectivity index is 1.52. The average molecular weight is 316 g/mol. The molecule has 0 bridgehead atoms. The first-order chi connectivity index (χ1) is 11.2. The van der Waals surface area contributed by atoms with E-state index in [9.17, 15) is 4.79 Å². The quantitative estimate of drug-likeness (QED) is 0.819. The van der Waals surface area contributed by atoms with Gasteiger partial charge in [0.25, 0.3) is 5.91 Å². The Morgan fingerprint density at radius 2 is 1.87 bits per heavy atom. The van der Waals surface area contributed by atoms with Crippen LogP contribution in [0, 0.1) is 5.92 Å². The highest BCUT2D eigenvalue weighted by molar-refractivity contribution is 5.94. The molecule has 1 aliphatic heterocycles. The van der Waals surface area contributed by atoms with E-state index in [-0.39, 0.29) is 11.9 Å². The lowest BCUT2D eigenvalue weighted by Gasteiger charge is -2.32. The van der Waals surface area contributed by atoms with Crippen LogP contribution < -0.4 is 11.1 Å². The van der Waals surface area contributed by atoms with E-state index in [0.29, 0.717) is 12.5 Å². The van der Waals surface area contributed by atoms with E-state index in [0.717, 1.165) is 38.3 Å². The summed E-state index contributed by atoms with van der Waals surface area (Å²) in [6.07, 6.45) is 2.37. The number of hydrogen-bond acceptors (Lipinski definition) is 4. The number of carbonyl (C=O) groups excluding carboxylic acids is 1. The largest absolute Gasteiger partial charge is 0.348 e. The van der Waals surface area contributed by atoms with Gasteiger partial charge in [-0.25, -0.2) is 0 Å². The lowest BCUT2D eigenvalue weighted by atomic mass is 10.1. The Kier molecular flexibility index (Phi) is 5.30. The first kappa shape index (κ1) is 16.4. The summed E-state index contributed by atoms with van der Waals surface area (Å²) in [5.74, 6) is 0.582. The maximum atomic E-state index is 12.3. The summed E-state index contributed by atoms with van der Waals surface area (Å²) in [6.45, 7) is 5.96. The van der Waals surface area contributed by atoms with Crippen molar-refractivity contribution in [3.63, 3.8) is 0 Å². The van der Waals surface area contributed by atoms with Crippen LogP contribution in [0.3, 0.4) is 0 Å². The Bertz CT molecular complexity index is 518. The second-order valence-electron chi connectivity index (χ2n) is 6.93. The van der Waals surface area contributed by atoms with Gasteiger partial charge in [0, 0.05) is 50.9 Å². The summed E-state index contributed by atoms with van der Waals surface area (Å²) < 4.78 is 0. The number of benzene rings is 1. The maximum absolute atomic E-state index is 12.3. The molecule has 126 valence electrons. The highest BCUT2D eigenvalue weighted by Crippen LogP contribution is 2.32. The van der Waals surface area contributed by atoms with Crippen molar-refractivity contribution < 1.29 is 4.79 Å². The summed E-state index contributed by atoms with van der Waals surface area (Å²) in [5.41, 5.74) is 7.75. The minimum absolute atomic E-state index is 0.00139. The van der Waals surface area contributed by atoms with Gasteiger partial charge in [-0.2, -0.15) is 0 Å². The minimum atomic E-state index is -0.00139. The van der Waals surface area contributed by atoms with Crippen LogP contribution in [0.4, 0.5) is 0 Å². The van der Waals surface area contributed by atoms with E-state index in [1.165, 1.54) is 18.4 Å². The van der Waals surface area contributed by atoms with Crippen LogP contribution in [-0.4, -0.2) is 61.5 Å². The molecule has 1 heterocycles. The minimum Gasteiger partial charge on any atom is -0.348 e. The fourth-order valence-corrected chi connectivity index (χ4v) is 3.15. The molecule has 23 heavy (non-hydrogen) atoms. The van der Waals surface area contributed by atoms with E-state index in [4.69, 9.17) is 5.73 Å². The van der Waals surface area contributed by atoms with Gasteiger partial charge in [0.2, 0.25) is 0 Å². The van der Waals surface area contributed by atoms with Crippen LogP contribution in [0.25, 0.3) is 0 Å². The molecule has 1 aromatic rings. The van der Waals surface area contributed by atoms with E-state index >= 15 is 0 Å². The highest BCUT2D eigenvalue weighted by atomic mass is 16.1. The Morgan fingerprint density at radius 3 is 2.43 bits per heavy atom. The van der Waals surface area contributed by atoms with Gasteiger partial charge in [0.15, 0.2) is 0 Å². The molecule has 2 fully saturated rings. The normalized spacial score (nSPS) is 21.1. The molecule has 1 amide bonds. The second-order valence-corrected chi connectivity index (χ2v) is 6.93. The molecule has 3 N–H and O–H groups in total. The predicted molar refractivity (Wildman–Crippen MR) is 92.2 cm³/mol. The van der Waals surface area contributed by atoms with Gasteiger partial charge >= 0.3 is 0 Å². The molecule has 1 aromatic carbocycles. The fourth-order valence-electron chi connectivity index (χ4n) is 3.15. The number of carbonyl (C=O) groups is 1. The van der Waals surface area contributed by atoms with Gasteiger partial charge in [0.05, 0.1) is 0 Å². The van der Waals surface area contributed by atoms with E-state index in [1.807, 2.05) is 12.1 Å². The van der Waals surface area contributed by atoms with Crippen LogP contribution in [0.2, 0.25) is 0 Å². The number of nitrogens with one attached hydrogen (secondary N) is 1. The molecule has 5 heteroatoms. The summed E-state index contributed by atoms with van der Waals surface area (Å²) in [5, 5.41) is 3.07. The van der Waals surface area contributed by atoms with Crippen LogP contribution >= 0.6 is 0 Å². The summed E-state index contributed by atoms with van der Waals surface area (Å²) in [4.78, 5) is 17.1. The van der Waals surface area contributed by atoms with Gasteiger partial charge < -0.3 is 16.0 Å². The van der Waals surface area contributed by atoms with Gasteiger partial charge in [-0.15, -0.1) is 0 Å². The van der Waals surface area contributed by atoms with Crippen LogP contribution in [0.15, 0.2) is 24.3 Å². The van der Waals surface area contributed by atoms with E-state index < -0.39 is 0 Å². The standard InChI is InChI=1S/C18H28N4O/c1-21-8-10-22(11-9-21)13-14-2-4-16(5-3-14)18(23)20-17(12-19)15-6-7-15/h2-5,15,17H,6-13,19H2,1H3,(H,20,23). The monoisotopic (exact) mass is 316 g/mol. The molecule has 1 saturated heterocycles. The van der Waals surface area contributed by atoms with Gasteiger partial charge in [0.1, 0.15) is 0 Å². The number of rotatable bonds is 6. The predicted octanol–water partition coefficient (Wildman–Crippen LogP) is 0.901.